The molecule has 0 aliphatic carbocycles. The van der Waals surface area contributed by atoms with Crippen LogP contribution < -0.4 is 10.6 Å². The topological polar surface area (TPSA) is 71.1 Å². The number of rotatable bonds is 2. The summed E-state index contributed by atoms with van der Waals surface area (Å²) in [7, 11) is 0. The molecule has 2 rings (SSSR count). The van der Waals surface area contributed by atoms with Crippen molar-refractivity contribution < 1.29 is 9.94 Å². The molecule has 0 saturated carbocycles. The van der Waals surface area contributed by atoms with Crippen LogP contribution in [0.3, 0.4) is 0 Å². The smallest absolute Gasteiger partial charge is 0.172 e. The van der Waals surface area contributed by atoms with Gasteiger partial charge < -0.3 is 20.6 Å². The van der Waals surface area contributed by atoms with Crippen molar-refractivity contribution in [3.8, 4) is 0 Å². The number of ether oxygens (including phenoxy) is 1. The van der Waals surface area contributed by atoms with E-state index in [2.05, 4.69) is 10.1 Å². The summed E-state index contributed by atoms with van der Waals surface area (Å²) in [5.74, 6) is 0.0572. The molecule has 1 aromatic rings. The Morgan fingerprint density at radius 3 is 2.89 bits per heavy atom. The maximum absolute atomic E-state index is 8.88. The first-order valence-electron chi connectivity index (χ1n) is 6.09. The number of nitrogens with zero attached hydrogens (tertiary/aromatic N) is 2. The summed E-state index contributed by atoms with van der Waals surface area (Å²) in [6.07, 6.45) is 0. The average molecular weight is 284 g/mol. The number of anilines is 1. The zero-order valence-corrected chi connectivity index (χ0v) is 11.8. The Balaban J connectivity index is 2.39. The average Bonchev–Trinajstić information content (AvgIpc) is 2.36. The van der Waals surface area contributed by atoms with Crippen molar-refractivity contribution in [2.75, 3.05) is 24.6 Å². The Bertz CT molecular complexity index is 503. The van der Waals surface area contributed by atoms with Gasteiger partial charge >= 0.3 is 0 Å². The van der Waals surface area contributed by atoms with Crippen LogP contribution in [-0.2, 0) is 4.74 Å². The minimum absolute atomic E-state index is 0.0572. The Morgan fingerprint density at radius 1 is 1.53 bits per heavy atom. The normalized spacial score (nSPS) is 19.5. The van der Waals surface area contributed by atoms with Gasteiger partial charge in [-0.3, -0.25) is 0 Å². The molecule has 0 atom stereocenters. The Hall–Kier alpha value is -1.46. The Morgan fingerprint density at radius 2 is 2.26 bits per heavy atom. The predicted octanol–water partition coefficient (Wildman–Crippen LogP) is 2.05. The summed E-state index contributed by atoms with van der Waals surface area (Å²) in [6, 6.07) is 5.39. The molecule has 1 saturated heterocycles. The van der Waals surface area contributed by atoms with Crippen molar-refractivity contribution in [3.05, 3.63) is 28.8 Å². The molecule has 0 amide bonds. The van der Waals surface area contributed by atoms with E-state index in [0.717, 1.165) is 18.8 Å². The first-order chi connectivity index (χ1) is 8.93. The minimum atomic E-state index is -0.222. The molecule has 0 aromatic heterocycles. The van der Waals surface area contributed by atoms with Crippen molar-refractivity contribution in [1.29, 1.82) is 0 Å². The number of hydrogen-bond acceptors (Lipinski definition) is 4. The number of nitrogens with two attached hydrogens (primary N) is 1. The molecule has 1 aliphatic heterocycles. The van der Waals surface area contributed by atoms with E-state index in [1.165, 1.54) is 0 Å². The lowest BCUT2D eigenvalue weighted by molar-refractivity contribution is -0.0276. The lowest BCUT2D eigenvalue weighted by atomic mass is 10.0. The number of morpholine rings is 1. The molecular weight excluding hydrogens is 266 g/mol. The van der Waals surface area contributed by atoms with Crippen LogP contribution in [-0.4, -0.2) is 36.3 Å². The van der Waals surface area contributed by atoms with Crippen molar-refractivity contribution in [3.63, 3.8) is 0 Å². The van der Waals surface area contributed by atoms with Gasteiger partial charge in [0.05, 0.1) is 12.2 Å². The van der Waals surface area contributed by atoms with Crippen LogP contribution in [0.4, 0.5) is 5.69 Å². The van der Waals surface area contributed by atoms with Gasteiger partial charge in [-0.05, 0) is 32.0 Å². The third-order valence-electron chi connectivity index (χ3n) is 3.11. The summed E-state index contributed by atoms with van der Waals surface area (Å²) >= 11 is 5.98. The van der Waals surface area contributed by atoms with Crippen LogP contribution in [0.15, 0.2) is 23.4 Å². The second-order valence-electron chi connectivity index (χ2n) is 5.18. The van der Waals surface area contributed by atoms with Gasteiger partial charge in [-0.15, -0.1) is 0 Å². The second kappa shape index (κ2) is 5.27. The van der Waals surface area contributed by atoms with Gasteiger partial charge in [-0.1, -0.05) is 16.8 Å². The molecule has 5 nitrogen and oxygen atoms in total. The molecule has 0 unspecified atom stereocenters. The summed E-state index contributed by atoms with van der Waals surface area (Å²) < 4.78 is 5.69. The molecule has 3 N–H and O–H groups in total. The molecule has 19 heavy (non-hydrogen) atoms. The van der Waals surface area contributed by atoms with E-state index in [4.69, 9.17) is 27.3 Å². The summed E-state index contributed by atoms with van der Waals surface area (Å²) in [5.41, 5.74) is 7.03. The number of hydrogen-bond donors (Lipinski definition) is 2. The molecule has 1 aromatic carbocycles. The standard InChI is InChI=1S/C13H18ClN3O2/c1-13(2)8-17(5-6-19-13)11-4-3-9(14)7-10(11)12(15)16-18/h3-4,7,18H,5-6,8H2,1-2H3,(H2,15,16). The highest BCUT2D eigenvalue weighted by Crippen LogP contribution is 2.28. The molecule has 1 aliphatic rings. The zero-order valence-electron chi connectivity index (χ0n) is 11.1. The fourth-order valence-electron chi connectivity index (χ4n) is 2.27. The van der Waals surface area contributed by atoms with Crippen molar-refractivity contribution in [2.45, 2.75) is 19.4 Å². The van der Waals surface area contributed by atoms with Gasteiger partial charge in [0.2, 0.25) is 0 Å². The monoisotopic (exact) mass is 283 g/mol. The number of amidine groups is 1. The van der Waals surface area contributed by atoms with Crippen LogP contribution >= 0.6 is 11.6 Å². The lowest BCUT2D eigenvalue weighted by Gasteiger charge is -2.40. The van der Waals surface area contributed by atoms with Crippen LogP contribution in [0.25, 0.3) is 0 Å². The first-order valence-corrected chi connectivity index (χ1v) is 6.47. The van der Waals surface area contributed by atoms with Crippen LogP contribution in [0.5, 0.6) is 0 Å². The predicted molar refractivity (Wildman–Crippen MR) is 76.2 cm³/mol. The molecule has 1 fully saturated rings. The molecular formula is C13H18ClN3O2. The van der Waals surface area contributed by atoms with E-state index in [0.29, 0.717) is 17.2 Å². The van der Waals surface area contributed by atoms with Gasteiger partial charge in [0.25, 0.3) is 0 Å². The van der Waals surface area contributed by atoms with Gasteiger partial charge in [-0.25, -0.2) is 0 Å². The Labute approximate surface area is 117 Å². The van der Waals surface area contributed by atoms with Gasteiger partial charge in [0.15, 0.2) is 5.84 Å². The summed E-state index contributed by atoms with van der Waals surface area (Å²) in [6.45, 7) is 6.22. The number of oxime groups is 1. The highest BCUT2D eigenvalue weighted by molar-refractivity contribution is 6.31. The van der Waals surface area contributed by atoms with Crippen LogP contribution in [0, 0.1) is 0 Å². The lowest BCUT2D eigenvalue weighted by Crippen LogP contribution is -2.48. The van der Waals surface area contributed by atoms with E-state index in [1.54, 1.807) is 12.1 Å². The molecule has 6 heteroatoms. The third-order valence-corrected chi connectivity index (χ3v) is 3.34. The van der Waals surface area contributed by atoms with Gasteiger partial charge in [0.1, 0.15) is 0 Å². The maximum atomic E-state index is 8.88. The van der Waals surface area contributed by atoms with Gasteiger partial charge in [0, 0.05) is 29.4 Å². The number of halogens is 1. The van der Waals surface area contributed by atoms with E-state index in [1.807, 2.05) is 19.9 Å². The molecule has 0 bridgehead atoms. The quantitative estimate of drug-likeness (QED) is 0.377. The van der Waals surface area contributed by atoms with Crippen LogP contribution in [0.2, 0.25) is 5.02 Å². The SMILES string of the molecule is CC1(C)CN(c2ccc(Cl)cc2C(N)=NO)CCO1. The van der Waals surface area contributed by atoms with Crippen molar-refractivity contribution in [2.24, 2.45) is 10.9 Å². The first kappa shape index (κ1) is 14.0. The maximum Gasteiger partial charge on any atom is 0.172 e. The zero-order chi connectivity index (χ0) is 14.0. The van der Waals surface area contributed by atoms with Gasteiger partial charge in [-0.2, -0.15) is 0 Å². The van der Waals surface area contributed by atoms with Crippen LogP contribution in [0.1, 0.15) is 19.4 Å². The highest BCUT2D eigenvalue weighted by atomic mass is 35.5. The molecule has 0 radical (unpaired) electrons. The number of benzene rings is 1. The van der Waals surface area contributed by atoms with E-state index in [-0.39, 0.29) is 11.4 Å². The summed E-state index contributed by atoms with van der Waals surface area (Å²) in [5, 5.41) is 12.5. The second-order valence-corrected chi connectivity index (χ2v) is 5.61. The van der Waals surface area contributed by atoms with E-state index < -0.39 is 0 Å². The summed E-state index contributed by atoms with van der Waals surface area (Å²) in [4.78, 5) is 2.16. The fraction of sp³-hybridized carbons (Fsp3) is 0.462. The fourth-order valence-corrected chi connectivity index (χ4v) is 2.44. The molecule has 0 spiro atoms. The Kier molecular flexibility index (Phi) is 3.87. The van der Waals surface area contributed by atoms with Crippen molar-refractivity contribution in [1.82, 2.24) is 0 Å². The van der Waals surface area contributed by atoms with Crippen molar-refractivity contribution >= 4 is 23.1 Å². The minimum Gasteiger partial charge on any atom is -0.409 e. The molecule has 104 valence electrons. The molecule has 1 heterocycles. The van der Waals surface area contributed by atoms with E-state index >= 15 is 0 Å². The van der Waals surface area contributed by atoms with E-state index in [9.17, 15) is 0 Å². The highest BCUT2D eigenvalue weighted by Gasteiger charge is 2.28. The largest absolute Gasteiger partial charge is 0.409 e. The third kappa shape index (κ3) is 3.11.